The summed E-state index contributed by atoms with van der Waals surface area (Å²) in [5, 5.41) is 8.83. The molecule has 1 heterocycles. The third-order valence-electron chi connectivity index (χ3n) is 5.25. The summed E-state index contributed by atoms with van der Waals surface area (Å²) in [6.45, 7) is 3.59. The van der Waals surface area contributed by atoms with Crippen molar-refractivity contribution in [3.63, 3.8) is 0 Å². The topological polar surface area (TPSA) is 59.0 Å². The molecular formula is C20H29NO4. The molecule has 0 unspecified atom stereocenters. The molecular weight excluding hydrogens is 318 g/mol. The van der Waals surface area contributed by atoms with E-state index < -0.39 is 5.97 Å². The fourth-order valence-corrected chi connectivity index (χ4v) is 3.71. The maximum Gasteiger partial charge on any atom is 0.304 e. The Hall–Kier alpha value is -1.59. The number of hydrogen-bond acceptors (Lipinski definition) is 4. The first-order valence-electron chi connectivity index (χ1n) is 9.49. The maximum absolute atomic E-state index is 10.7. The molecule has 2 fully saturated rings. The largest absolute Gasteiger partial charge is 0.493 e. The van der Waals surface area contributed by atoms with Crippen LogP contribution in [0.3, 0.4) is 0 Å². The first-order chi connectivity index (χ1) is 12.2. The van der Waals surface area contributed by atoms with Crippen molar-refractivity contribution in [2.45, 2.75) is 44.6 Å². The van der Waals surface area contributed by atoms with Crippen LogP contribution in [-0.4, -0.2) is 48.8 Å². The van der Waals surface area contributed by atoms with Gasteiger partial charge in [-0.15, -0.1) is 0 Å². The first-order valence-corrected chi connectivity index (χ1v) is 9.49. The zero-order valence-electron chi connectivity index (χ0n) is 14.9. The van der Waals surface area contributed by atoms with Gasteiger partial charge in [0.2, 0.25) is 0 Å². The number of carboxylic acid groups (broad SMARTS) is 1. The summed E-state index contributed by atoms with van der Waals surface area (Å²) in [6, 6.07) is 8.19. The number of rotatable bonds is 7. The second-order valence-electron chi connectivity index (χ2n) is 7.19. The molecule has 0 amide bonds. The highest BCUT2D eigenvalue weighted by Gasteiger charge is 2.22. The zero-order valence-corrected chi connectivity index (χ0v) is 14.9. The van der Waals surface area contributed by atoms with Gasteiger partial charge in [-0.05, 0) is 36.5 Å². The number of nitrogens with zero attached hydrogens (tertiary/aromatic N) is 1. The summed E-state index contributed by atoms with van der Waals surface area (Å²) in [5.74, 6) is 0.883. The predicted octanol–water partition coefficient (Wildman–Crippen LogP) is 3.49. The molecule has 1 aromatic carbocycles. The van der Waals surface area contributed by atoms with Gasteiger partial charge in [-0.2, -0.15) is 0 Å². The van der Waals surface area contributed by atoms with E-state index >= 15 is 0 Å². The van der Waals surface area contributed by atoms with Gasteiger partial charge in [0.1, 0.15) is 5.75 Å². The number of hydrogen-bond donors (Lipinski definition) is 1. The van der Waals surface area contributed by atoms with Crippen molar-refractivity contribution in [2.24, 2.45) is 5.92 Å². The number of morpholine rings is 1. The Balaban J connectivity index is 1.48. The van der Waals surface area contributed by atoms with Gasteiger partial charge in [-0.1, -0.05) is 31.4 Å². The predicted molar refractivity (Wildman–Crippen MR) is 95.9 cm³/mol. The third-order valence-corrected chi connectivity index (χ3v) is 5.25. The molecule has 1 N–H and O–H groups in total. The molecule has 25 heavy (non-hydrogen) atoms. The molecule has 1 saturated carbocycles. The summed E-state index contributed by atoms with van der Waals surface area (Å²) in [6.07, 6.45) is 6.82. The Morgan fingerprint density at radius 3 is 2.68 bits per heavy atom. The third kappa shape index (κ3) is 5.72. The average molecular weight is 347 g/mol. The average Bonchev–Trinajstić information content (AvgIpc) is 2.66. The van der Waals surface area contributed by atoms with Gasteiger partial charge in [0.05, 0.1) is 25.7 Å². The minimum absolute atomic E-state index is 0.00920. The van der Waals surface area contributed by atoms with Crippen LogP contribution in [-0.2, 0) is 9.53 Å². The SMILES string of the molecule is O=C(O)CCN1CCO[C@@H](c2ccc(OCC3CCCCC3)cc2)C1. The van der Waals surface area contributed by atoms with E-state index in [1.165, 1.54) is 32.1 Å². The first kappa shape index (κ1) is 18.2. The van der Waals surface area contributed by atoms with Crippen molar-refractivity contribution in [3.05, 3.63) is 29.8 Å². The van der Waals surface area contributed by atoms with Crippen molar-refractivity contribution in [1.82, 2.24) is 4.90 Å². The molecule has 1 saturated heterocycles. The molecule has 0 bridgehead atoms. The van der Waals surface area contributed by atoms with Crippen LogP contribution in [0.25, 0.3) is 0 Å². The Labute approximate surface area is 149 Å². The van der Waals surface area contributed by atoms with Crippen molar-refractivity contribution in [2.75, 3.05) is 32.8 Å². The van der Waals surface area contributed by atoms with E-state index in [9.17, 15) is 4.79 Å². The summed E-state index contributed by atoms with van der Waals surface area (Å²) in [7, 11) is 0. The summed E-state index contributed by atoms with van der Waals surface area (Å²) in [5.41, 5.74) is 1.13. The number of benzene rings is 1. The van der Waals surface area contributed by atoms with Gasteiger partial charge < -0.3 is 14.6 Å². The van der Waals surface area contributed by atoms with Gasteiger partial charge in [-0.25, -0.2) is 0 Å². The van der Waals surface area contributed by atoms with Crippen LogP contribution in [0.4, 0.5) is 0 Å². The van der Waals surface area contributed by atoms with Crippen LogP contribution in [0.5, 0.6) is 5.75 Å². The van der Waals surface area contributed by atoms with E-state index in [1.54, 1.807) is 0 Å². The second-order valence-corrected chi connectivity index (χ2v) is 7.19. The Kier molecular flexibility index (Phi) is 6.70. The zero-order chi connectivity index (χ0) is 17.5. The van der Waals surface area contributed by atoms with E-state index in [0.717, 1.165) is 31.0 Å². The van der Waals surface area contributed by atoms with Crippen LogP contribution in [0.1, 0.15) is 50.2 Å². The van der Waals surface area contributed by atoms with Gasteiger partial charge in [0.15, 0.2) is 0 Å². The number of ether oxygens (including phenoxy) is 2. The van der Waals surface area contributed by atoms with E-state index in [0.29, 0.717) is 19.1 Å². The quantitative estimate of drug-likeness (QED) is 0.818. The molecule has 1 atom stereocenters. The molecule has 5 nitrogen and oxygen atoms in total. The maximum atomic E-state index is 10.7. The number of carbonyl (C=O) groups is 1. The van der Waals surface area contributed by atoms with Crippen LogP contribution >= 0.6 is 0 Å². The second kappa shape index (κ2) is 9.20. The van der Waals surface area contributed by atoms with Crippen LogP contribution in [0.15, 0.2) is 24.3 Å². The summed E-state index contributed by atoms with van der Waals surface area (Å²) in [4.78, 5) is 12.9. The molecule has 1 aromatic rings. The van der Waals surface area contributed by atoms with E-state index in [-0.39, 0.29) is 12.5 Å². The van der Waals surface area contributed by atoms with Gasteiger partial charge in [0.25, 0.3) is 0 Å². The minimum atomic E-state index is -0.748. The van der Waals surface area contributed by atoms with Crippen molar-refractivity contribution < 1.29 is 19.4 Å². The van der Waals surface area contributed by atoms with Gasteiger partial charge in [-0.3, -0.25) is 9.69 Å². The molecule has 1 aliphatic carbocycles. The number of carboxylic acids is 1. The molecule has 0 radical (unpaired) electrons. The molecule has 0 spiro atoms. The lowest BCUT2D eigenvalue weighted by atomic mass is 9.90. The molecule has 5 heteroatoms. The van der Waals surface area contributed by atoms with E-state index in [2.05, 4.69) is 17.0 Å². The summed E-state index contributed by atoms with van der Waals surface area (Å²) < 4.78 is 11.8. The summed E-state index contributed by atoms with van der Waals surface area (Å²) >= 11 is 0. The Bertz CT molecular complexity index is 539. The lowest BCUT2D eigenvalue weighted by Gasteiger charge is -2.32. The fourth-order valence-electron chi connectivity index (χ4n) is 3.71. The lowest BCUT2D eigenvalue weighted by Crippen LogP contribution is -2.39. The Morgan fingerprint density at radius 1 is 1.20 bits per heavy atom. The van der Waals surface area contributed by atoms with Crippen molar-refractivity contribution in [1.29, 1.82) is 0 Å². The monoisotopic (exact) mass is 347 g/mol. The molecule has 0 aromatic heterocycles. The van der Waals surface area contributed by atoms with E-state index in [4.69, 9.17) is 14.6 Å². The Morgan fingerprint density at radius 2 is 1.96 bits per heavy atom. The van der Waals surface area contributed by atoms with Crippen LogP contribution in [0.2, 0.25) is 0 Å². The standard InChI is InChI=1S/C20H29NO4/c22-20(23)10-11-21-12-13-24-19(14-21)17-6-8-18(9-7-17)25-15-16-4-2-1-3-5-16/h6-9,16,19H,1-5,10-15H2,(H,22,23)/t19-/m1/s1. The fraction of sp³-hybridized carbons (Fsp3) is 0.650. The highest BCUT2D eigenvalue weighted by atomic mass is 16.5. The molecule has 1 aliphatic heterocycles. The van der Waals surface area contributed by atoms with Crippen molar-refractivity contribution >= 4 is 5.97 Å². The van der Waals surface area contributed by atoms with Crippen LogP contribution in [0, 0.1) is 5.92 Å². The van der Waals surface area contributed by atoms with E-state index in [1.807, 2.05) is 12.1 Å². The highest BCUT2D eigenvalue weighted by Crippen LogP contribution is 2.27. The van der Waals surface area contributed by atoms with Crippen LogP contribution < -0.4 is 4.74 Å². The number of aliphatic carboxylic acids is 1. The normalized spacial score (nSPS) is 22.6. The molecule has 3 rings (SSSR count). The molecule has 2 aliphatic rings. The lowest BCUT2D eigenvalue weighted by molar-refractivity contribution is -0.137. The van der Waals surface area contributed by atoms with Crippen molar-refractivity contribution in [3.8, 4) is 5.75 Å². The smallest absolute Gasteiger partial charge is 0.304 e. The van der Waals surface area contributed by atoms with Gasteiger partial charge >= 0.3 is 5.97 Å². The molecule has 138 valence electrons. The van der Waals surface area contributed by atoms with Gasteiger partial charge in [0, 0.05) is 19.6 Å². The highest BCUT2D eigenvalue weighted by molar-refractivity contribution is 5.66. The minimum Gasteiger partial charge on any atom is -0.493 e.